The maximum Gasteiger partial charge on any atom is 0.148 e. The van der Waals surface area contributed by atoms with Crippen LogP contribution in [0.3, 0.4) is 0 Å². The number of halogens is 3. The Balaban J connectivity index is 2.28. The Morgan fingerprint density at radius 3 is 1.08 bits per heavy atom. The molecule has 5 heteroatoms. The zero-order chi connectivity index (χ0) is 17.9. The van der Waals surface area contributed by atoms with Crippen LogP contribution in [0.25, 0.3) is 0 Å². The van der Waals surface area contributed by atoms with E-state index in [-0.39, 0.29) is 0 Å². The Morgan fingerprint density at radius 2 is 0.840 bits per heavy atom. The van der Waals surface area contributed by atoms with Gasteiger partial charge in [0.15, 0.2) is 0 Å². The van der Waals surface area contributed by atoms with Crippen LogP contribution in [0.1, 0.15) is 0 Å². The number of hydrogen-bond donors (Lipinski definition) is 0. The van der Waals surface area contributed by atoms with Crippen LogP contribution in [0, 0.1) is 0 Å². The summed E-state index contributed by atoms with van der Waals surface area (Å²) in [6.45, 7) is 0. The molecule has 128 valence electrons. The first-order valence-corrected chi connectivity index (χ1v) is 12.2. The Kier molecular flexibility index (Phi) is 6.25. The molecule has 1 atom stereocenters. The van der Waals surface area contributed by atoms with Crippen molar-refractivity contribution in [3.05, 3.63) is 87.9 Å². The van der Waals surface area contributed by atoms with Crippen molar-refractivity contribution in [2.45, 2.75) is 6.04 Å². The highest BCUT2D eigenvalue weighted by atomic mass is 35.5. The molecular weight excluding hydrogens is 406 g/mol. The van der Waals surface area contributed by atoms with E-state index >= 15 is 0 Å². The quantitative estimate of drug-likeness (QED) is 0.308. The molecule has 0 radical (unpaired) electrons. The van der Waals surface area contributed by atoms with E-state index in [1.165, 1.54) is 15.6 Å². The molecule has 0 heterocycles. The highest BCUT2D eigenvalue weighted by Crippen LogP contribution is 2.18. The molecule has 0 aliphatic rings. The summed E-state index contributed by atoms with van der Waals surface area (Å²) in [5.74, 6) is 0. The summed E-state index contributed by atoms with van der Waals surface area (Å²) in [6.07, 6.45) is 1.01. The van der Waals surface area contributed by atoms with E-state index in [4.69, 9.17) is 34.8 Å². The zero-order valence-electron chi connectivity index (χ0n) is 13.6. The standard InChI is InChI=1S/C20H18Cl3PSi/c21-15-1-7-18(8-2-15)25(14-13-24,19-9-3-16(22)4-10-19)20-11-5-17(23)6-12-20/h1-12H,13-14,24H2. The molecule has 3 aromatic carbocycles. The maximum absolute atomic E-state index is 6.15. The first kappa shape index (κ1) is 19.0. The predicted octanol–water partition coefficient (Wildman–Crippen LogP) is 4.99. The van der Waals surface area contributed by atoms with Crippen LogP contribution < -0.4 is 15.6 Å². The van der Waals surface area contributed by atoms with Crippen molar-refractivity contribution >= 4 is 67.7 Å². The average Bonchev–Trinajstić information content (AvgIpc) is 2.62. The fraction of sp³-hybridized carbons (Fsp3) is 0.100. The van der Waals surface area contributed by atoms with Gasteiger partial charge in [0.05, 0.1) is 0 Å². The van der Waals surface area contributed by atoms with Crippen LogP contribution >= 0.6 is 44.0 Å². The minimum Gasteiger partial charge on any atom is -0.138 e. The molecule has 3 rings (SSSR count). The summed E-state index contributed by atoms with van der Waals surface area (Å²) in [5, 5.41) is 6.27. The van der Waals surface area contributed by atoms with Crippen molar-refractivity contribution < 1.29 is 0 Å². The van der Waals surface area contributed by atoms with Gasteiger partial charge in [0.1, 0.15) is 8.07 Å². The van der Waals surface area contributed by atoms with Gasteiger partial charge in [0.2, 0.25) is 0 Å². The van der Waals surface area contributed by atoms with Crippen molar-refractivity contribution in [1.82, 2.24) is 0 Å². The van der Waals surface area contributed by atoms with E-state index < -0.39 is 8.07 Å². The van der Waals surface area contributed by atoms with E-state index in [2.05, 4.69) is 45.6 Å². The van der Waals surface area contributed by atoms with Crippen molar-refractivity contribution in [1.29, 1.82) is 0 Å². The molecule has 0 amide bonds. The lowest BCUT2D eigenvalue weighted by Gasteiger charge is -2.33. The van der Waals surface area contributed by atoms with Gasteiger partial charge in [0.25, 0.3) is 0 Å². The highest BCUT2D eigenvalue weighted by Gasteiger charge is 2.38. The van der Waals surface area contributed by atoms with Gasteiger partial charge < -0.3 is 0 Å². The second kappa shape index (κ2) is 8.25. The van der Waals surface area contributed by atoms with Crippen LogP contribution in [-0.2, 0) is 0 Å². The van der Waals surface area contributed by atoms with Gasteiger partial charge >= 0.3 is 0 Å². The minimum absolute atomic E-state index is 0.754. The number of rotatable bonds is 5. The normalized spacial score (nSPS) is 11.5. The molecule has 0 nitrogen and oxygen atoms in total. The van der Waals surface area contributed by atoms with Gasteiger partial charge in [-0.05, 0) is 64.2 Å². The fourth-order valence-corrected chi connectivity index (χ4v) is 9.54. The van der Waals surface area contributed by atoms with E-state index in [1.807, 2.05) is 36.4 Å². The van der Waals surface area contributed by atoms with E-state index in [0.717, 1.165) is 27.3 Å². The number of hydrogen-bond acceptors (Lipinski definition) is 0. The van der Waals surface area contributed by atoms with E-state index in [1.54, 1.807) is 0 Å². The molecule has 0 N–H and O–H groups in total. The Labute approximate surface area is 167 Å². The minimum atomic E-state index is -2.19. The van der Waals surface area contributed by atoms with Crippen molar-refractivity contribution in [3.63, 3.8) is 0 Å². The number of benzene rings is 3. The third kappa shape index (κ3) is 3.97. The molecule has 0 spiro atoms. The van der Waals surface area contributed by atoms with Gasteiger partial charge in [-0.25, -0.2) is 0 Å². The first-order valence-electron chi connectivity index (χ1n) is 8.04. The van der Waals surface area contributed by atoms with E-state index in [9.17, 15) is 0 Å². The zero-order valence-corrected chi connectivity index (χ0v) is 18.0. The second-order valence-corrected chi connectivity index (χ2v) is 11.9. The lowest BCUT2D eigenvalue weighted by molar-refractivity contribution is 1.42. The van der Waals surface area contributed by atoms with E-state index in [0.29, 0.717) is 0 Å². The Hall–Kier alpha value is -0.823. The molecule has 1 unspecified atom stereocenters. The summed E-state index contributed by atoms with van der Waals surface area (Å²) < 4.78 is 0. The van der Waals surface area contributed by atoms with Crippen LogP contribution in [-0.4, -0.2) is 14.2 Å². The highest BCUT2D eigenvalue weighted by molar-refractivity contribution is 7.19. The Morgan fingerprint density at radius 1 is 0.560 bits per heavy atom. The second-order valence-electron chi connectivity index (χ2n) is 5.96. The summed E-state index contributed by atoms with van der Waals surface area (Å²) >= 11 is 18.4. The Bertz CT molecular complexity index is 719. The molecule has 0 saturated carbocycles. The molecule has 0 fully saturated rings. The van der Waals surface area contributed by atoms with Crippen molar-refractivity contribution in [2.24, 2.45) is 0 Å². The summed E-state index contributed by atoms with van der Waals surface area (Å²) in [4.78, 5) is 0. The smallest absolute Gasteiger partial charge is 0.138 e. The summed E-state index contributed by atoms with van der Waals surface area (Å²) in [5.41, 5.74) is 0. The van der Waals surface area contributed by atoms with Crippen LogP contribution in [0.4, 0.5) is 0 Å². The molecule has 0 bridgehead atoms. The van der Waals surface area contributed by atoms with Gasteiger partial charge in [-0.1, -0.05) is 71.2 Å². The van der Waals surface area contributed by atoms with Gasteiger partial charge in [0, 0.05) is 15.1 Å². The maximum atomic E-state index is 6.15. The van der Waals surface area contributed by atoms with Gasteiger partial charge in [-0.15, -0.1) is 9.24 Å². The molecule has 0 aliphatic heterocycles. The monoisotopic (exact) mass is 422 g/mol. The van der Waals surface area contributed by atoms with Gasteiger partial charge in [-0.2, -0.15) is 0 Å². The van der Waals surface area contributed by atoms with Crippen LogP contribution in [0.2, 0.25) is 21.1 Å². The summed E-state index contributed by atoms with van der Waals surface area (Å²) in [6, 6.07) is 25.9. The third-order valence-corrected chi connectivity index (χ3v) is 11.1. The third-order valence-electron chi connectivity index (χ3n) is 4.53. The SMILES string of the molecule is PCC[Si](c1ccc(Cl)cc1)(c1ccc(Cl)cc1)c1ccc(Cl)cc1. The average molecular weight is 424 g/mol. The first-order chi connectivity index (χ1) is 12.1. The summed E-state index contributed by atoms with van der Waals surface area (Å²) in [7, 11) is 0.689. The molecule has 3 aromatic rings. The predicted molar refractivity (Wildman–Crippen MR) is 118 cm³/mol. The lowest BCUT2D eigenvalue weighted by Crippen LogP contribution is -2.67. The molecule has 0 aromatic heterocycles. The van der Waals surface area contributed by atoms with Crippen LogP contribution in [0.15, 0.2) is 72.8 Å². The molecule has 0 aliphatic carbocycles. The largest absolute Gasteiger partial charge is 0.148 e. The van der Waals surface area contributed by atoms with Crippen LogP contribution in [0.5, 0.6) is 0 Å². The lowest BCUT2D eigenvalue weighted by atomic mass is 10.3. The van der Waals surface area contributed by atoms with Crippen molar-refractivity contribution in [2.75, 3.05) is 6.16 Å². The fourth-order valence-electron chi connectivity index (χ4n) is 3.35. The van der Waals surface area contributed by atoms with Gasteiger partial charge in [-0.3, -0.25) is 0 Å². The molecule has 25 heavy (non-hydrogen) atoms. The van der Waals surface area contributed by atoms with Crippen molar-refractivity contribution in [3.8, 4) is 0 Å². The topological polar surface area (TPSA) is 0 Å². The molecule has 0 saturated heterocycles. The molecular formula is C20H18Cl3PSi.